The van der Waals surface area contributed by atoms with Crippen molar-refractivity contribution >= 4 is 5.69 Å². The molecular formula is C19H19N3O4. The van der Waals surface area contributed by atoms with E-state index < -0.39 is 4.92 Å². The lowest BCUT2D eigenvalue weighted by Crippen LogP contribution is -2.03. The van der Waals surface area contributed by atoms with E-state index in [0.29, 0.717) is 23.7 Å². The number of rotatable bonds is 7. The summed E-state index contributed by atoms with van der Waals surface area (Å²) in [6.07, 6.45) is 3.49. The van der Waals surface area contributed by atoms with Gasteiger partial charge < -0.3 is 14.0 Å². The molecule has 134 valence electrons. The molecule has 0 aliphatic heterocycles. The van der Waals surface area contributed by atoms with Crippen molar-refractivity contribution in [1.29, 1.82) is 0 Å². The van der Waals surface area contributed by atoms with E-state index in [2.05, 4.69) is 4.98 Å². The zero-order valence-corrected chi connectivity index (χ0v) is 14.6. The number of hydrogen-bond acceptors (Lipinski definition) is 5. The molecule has 7 nitrogen and oxygen atoms in total. The van der Waals surface area contributed by atoms with Crippen molar-refractivity contribution in [1.82, 2.24) is 9.55 Å². The molecule has 1 aromatic heterocycles. The molecule has 3 aromatic rings. The Hall–Kier alpha value is -3.35. The van der Waals surface area contributed by atoms with Gasteiger partial charge in [-0.1, -0.05) is 30.3 Å². The number of nitrogens with zero attached hydrogens (tertiary/aromatic N) is 3. The first-order valence-electron chi connectivity index (χ1n) is 8.18. The van der Waals surface area contributed by atoms with Gasteiger partial charge >= 0.3 is 5.69 Å². The monoisotopic (exact) mass is 353 g/mol. The number of nitro benzene ring substituents is 1. The maximum absolute atomic E-state index is 11.6. The van der Waals surface area contributed by atoms with Crippen molar-refractivity contribution in [2.24, 2.45) is 0 Å². The summed E-state index contributed by atoms with van der Waals surface area (Å²) in [6, 6.07) is 12.6. The molecule has 2 aromatic carbocycles. The molecule has 0 aliphatic carbocycles. The van der Waals surface area contributed by atoms with Crippen LogP contribution >= 0.6 is 0 Å². The largest absolute Gasteiger partial charge is 0.493 e. The Balaban J connectivity index is 2.02. The number of aryl methyl sites for hydroxylation is 1. The first-order chi connectivity index (χ1) is 12.6. The van der Waals surface area contributed by atoms with Crippen molar-refractivity contribution in [2.45, 2.75) is 20.1 Å². The molecule has 0 radical (unpaired) electrons. The maximum Gasteiger partial charge on any atom is 0.315 e. The molecule has 0 unspecified atom stereocenters. The zero-order chi connectivity index (χ0) is 18.5. The Morgan fingerprint density at radius 1 is 1.23 bits per heavy atom. The summed E-state index contributed by atoms with van der Waals surface area (Å²) in [4.78, 5) is 15.5. The maximum atomic E-state index is 11.6. The normalized spacial score (nSPS) is 10.5. The van der Waals surface area contributed by atoms with Gasteiger partial charge in [0.25, 0.3) is 0 Å². The molecule has 0 bridgehead atoms. The van der Waals surface area contributed by atoms with Crippen molar-refractivity contribution in [3.8, 4) is 22.9 Å². The quantitative estimate of drug-likeness (QED) is 0.472. The Kier molecular flexibility index (Phi) is 5.17. The van der Waals surface area contributed by atoms with Crippen molar-refractivity contribution in [3.63, 3.8) is 0 Å². The lowest BCUT2D eigenvalue weighted by Gasteiger charge is -2.13. The van der Waals surface area contributed by atoms with E-state index in [0.717, 1.165) is 5.56 Å². The van der Waals surface area contributed by atoms with Crippen LogP contribution in [-0.4, -0.2) is 21.6 Å². The number of nitro groups is 1. The first-order valence-corrected chi connectivity index (χ1v) is 8.18. The van der Waals surface area contributed by atoms with Crippen molar-refractivity contribution < 1.29 is 14.4 Å². The number of aromatic nitrogens is 2. The van der Waals surface area contributed by atoms with Gasteiger partial charge in [0.15, 0.2) is 5.75 Å². The highest BCUT2D eigenvalue weighted by Gasteiger charge is 2.24. The van der Waals surface area contributed by atoms with Crippen LogP contribution in [0, 0.1) is 10.1 Å². The zero-order valence-electron chi connectivity index (χ0n) is 14.6. The Bertz CT molecular complexity index is 906. The highest BCUT2D eigenvalue weighted by atomic mass is 16.6. The summed E-state index contributed by atoms with van der Waals surface area (Å²) in [7, 11) is 1.46. The van der Waals surface area contributed by atoms with Gasteiger partial charge in [-0.3, -0.25) is 10.1 Å². The third kappa shape index (κ3) is 3.51. The highest BCUT2D eigenvalue weighted by Crippen LogP contribution is 2.41. The molecule has 0 N–H and O–H groups in total. The average molecular weight is 353 g/mol. The second kappa shape index (κ2) is 7.69. The molecule has 0 aliphatic rings. The molecule has 7 heteroatoms. The van der Waals surface area contributed by atoms with Gasteiger partial charge in [0.1, 0.15) is 12.4 Å². The van der Waals surface area contributed by atoms with Crippen LogP contribution in [0.15, 0.2) is 54.9 Å². The van der Waals surface area contributed by atoms with E-state index in [4.69, 9.17) is 9.47 Å². The number of imidazole rings is 1. The van der Waals surface area contributed by atoms with Gasteiger partial charge in [-0.05, 0) is 18.6 Å². The Labute approximate surface area is 151 Å². The number of methoxy groups -OCH3 is 1. The van der Waals surface area contributed by atoms with Crippen LogP contribution in [0.4, 0.5) is 5.69 Å². The lowest BCUT2D eigenvalue weighted by atomic mass is 10.1. The van der Waals surface area contributed by atoms with E-state index in [9.17, 15) is 10.1 Å². The predicted octanol–water partition coefficient (Wildman–Crippen LogP) is 4.07. The Morgan fingerprint density at radius 3 is 2.65 bits per heavy atom. The smallest absolute Gasteiger partial charge is 0.315 e. The van der Waals surface area contributed by atoms with Gasteiger partial charge in [0, 0.05) is 30.6 Å². The van der Waals surface area contributed by atoms with Gasteiger partial charge in [-0.25, -0.2) is 4.98 Å². The van der Waals surface area contributed by atoms with Crippen LogP contribution in [0.2, 0.25) is 0 Å². The molecule has 3 rings (SSSR count). The van der Waals surface area contributed by atoms with E-state index in [-0.39, 0.29) is 18.0 Å². The predicted molar refractivity (Wildman–Crippen MR) is 97.3 cm³/mol. The van der Waals surface area contributed by atoms with Crippen LogP contribution in [0.3, 0.4) is 0 Å². The second-order valence-corrected chi connectivity index (χ2v) is 5.60. The van der Waals surface area contributed by atoms with Crippen LogP contribution in [0.25, 0.3) is 11.4 Å². The van der Waals surface area contributed by atoms with Crippen LogP contribution in [-0.2, 0) is 13.2 Å². The highest BCUT2D eigenvalue weighted by molar-refractivity contribution is 5.69. The SMILES string of the molecule is CCn1ccnc1-c1cc(OC)c(OCc2ccccc2)c([N+](=O)[O-])c1. The van der Waals surface area contributed by atoms with Crippen molar-refractivity contribution in [3.05, 3.63) is 70.5 Å². The summed E-state index contributed by atoms with van der Waals surface area (Å²) in [5.74, 6) is 1.05. The van der Waals surface area contributed by atoms with Crippen LogP contribution < -0.4 is 9.47 Å². The van der Waals surface area contributed by atoms with Crippen molar-refractivity contribution in [2.75, 3.05) is 7.11 Å². The van der Waals surface area contributed by atoms with E-state index in [1.807, 2.05) is 48.0 Å². The minimum Gasteiger partial charge on any atom is -0.493 e. The van der Waals surface area contributed by atoms with E-state index in [1.54, 1.807) is 12.3 Å². The van der Waals surface area contributed by atoms with E-state index >= 15 is 0 Å². The van der Waals surface area contributed by atoms with E-state index in [1.165, 1.54) is 13.2 Å². The number of hydrogen-bond donors (Lipinski definition) is 0. The molecule has 1 heterocycles. The number of ether oxygens (including phenoxy) is 2. The summed E-state index contributed by atoms with van der Waals surface area (Å²) < 4.78 is 13.0. The summed E-state index contributed by atoms with van der Waals surface area (Å²) in [6.45, 7) is 2.90. The Morgan fingerprint density at radius 2 is 2.00 bits per heavy atom. The average Bonchev–Trinajstić information content (AvgIpc) is 3.15. The third-order valence-electron chi connectivity index (χ3n) is 3.99. The standard InChI is InChI=1S/C19H19N3O4/c1-3-21-10-9-20-19(21)15-11-16(22(23)24)18(17(12-15)25-2)26-13-14-7-5-4-6-8-14/h4-12H,3,13H2,1-2H3. The summed E-state index contributed by atoms with van der Waals surface area (Å²) in [5, 5.41) is 11.6. The minimum absolute atomic E-state index is 0.111. The first kappa shape index (κ1) is 17.5. The number of benzene rings is 2. The topological polar surface area (TPSA) is 79.4 Å². The molecular weight excluding hydrogens is 334 g/mol. The molecule has 0 saturated heterocycles. The second-order valence-electron chi connectivity index (χ2n) is 5.60. The molecule has 0 atom stereocenters. The molecule has 0 amide bonds. The fourth-order valence-electron chi connectivity index (χ4n) is 2.70. The fraction of sp³-hybridized carbons (Fsp3) is 0.211. The molecule has 0 spiro atoms. The minimum atomic E-state index is -0.467. The lowest BCUT2D eigenvalue weighted by molar-refractivity contribution is -0.386. The summed E-state index contributed by atoms with van der Waals surface area (Å²) >= 11 is 0. The molecule has 0 fully saturated rings. The molecule has 26 heavy (non-hydrogen) atoms. The van der Waals surface area contributed by atoms with Gasteiger partial charge in [0.05, 0.1) is 12.0 Å². The summed E-state index contributed by atoms with van der Waals surface area (Å²) in [5.41, 5.74) is 1.36. The van der Waals surface area contributed by atoms with Crippen LogP contribution in [0.5, 0.6) is 11.5 Å². The van der Waals surface area contributed by atoms with Gasteiger partial charge in [-0.2, -0.15) is 0 Å². The fourth-order valence-corrected chi connectivity index (χ4v) is 2.70. The van der Waals surface area contributed by atoms with Gasteiger partial charge in [-0.15, -0.1) is 0 Å². The molecule has 0 saturated carbocycles. The van der Waals surface area contributed by atoms with Crippen LogP contribution in [0.1, 0.15) is 12.5 Å². The van der Waals surface area contributed by atoms with Gasteiger partial charge in [0.2, 0.25) is 5.75 Å². The third-order valence-corrected chi connectivity index (χ3v) is 3.99.